The predicted molar refractivity (Wildman–Crippen MR) is 91.3 cm³/mol. The minimum absolute atomic E-state index is 0. The standard InChI is InChI=1S/C16H25N3O2.ClH/c1-16(2,3)15(21)19-11-12-5-7-13(8-6-12)14(20)18-10-9-17-4;/h5-8,17H,9-11H2,1-4H3,(H,18,20)(H,19,21);1H. The molecule has 22 heavy (non-hydrogen) atoms. The average molecular weight is 328 g/mol. The molecule has 0 radical (unpaired) electrons. The second-order valence-corrected chi connectivity index (χ2v) is 5.99. The third-order valence-corrected chi connectivity index (χ3v) is 3.01. The minimum atomic E-state index is -0.396. The van der Waals surface area contributed by atoms with Crippen molar-refractivity contribution in [1.29, 1.82) is 0 Å². The second kappa shape index (κ2) is 9.43. The number of hydrogen-bond acceptors (Lipinski definition) is 3. The molecule has 0 bridgehead atoms. The number of rotatable bonds is 6. The molecule has 0 aliphatic heterocycles. The van der Waals surface area contributed by atoms with E-state index in [0.717, 1.165) is 12.1 Å². The van der Waals surface area contributed by atoms with Gasteiger partial charge in [0.05, 0.1) is 0 Å². The van der Waals surface area contributed by atoms with Gasteiger partial charge in [-0.15, -0.1) is 12.4 Å². The number of benzene rings is 1. The predicted octanol–water partition coefficient (Wildman–Crippen LogP) is 1.72. The Kier molecular flexibility index (Phi) is 8.75. The van der Waals surface area contributed by atoms with Gasteiger partial charge >= 0.3 is 0 Å². The van der Waals surface area contributed by atoms with Gasteiger partial charge < -0.3 is 16.0 Å². The topological polar surface area (TPSA) is 70.2 Å². The number of likely N-dealkylation sites (N-methyl/N-ethyl adjacent to an activating group) is 1. The summed E-state index contributed by atoms with van der Waals surface area (Å²) in [5, 5.41) is 8.67. The van der Waals surface area contributed by atoms with Gasteiger partial charge in [0.1, 0.15) is 0 Å². The van der Waals surface area contributed by atoms with Crippen LogP contribution in [0.25, 0.3) is 0 Å². The number of hydrogen-bond donors (Lipinski definition) is 3. The summed E-state index contributed by atoms with van der Waals surface area (Å²) in [6.07, 6.45) is 0. The van der Waals surface area contributed by atoms with E-state index < -0.39 is 5.41 Å². The van der Waals surface area contributed by atoms with E-state index in [1.165, 1.54) is 0 Å². The van der Waals surface area contributed by atoms with Crippen LogP contribution in [0.3, 0.4) is 0 Å². The summed E-state index contributed by atoms with van der Waals surface area (Å²) in [5.41, 5.74) is 1.20. The molecule has 0 aliphatic rings. The summed E-state index contributed by atoms with van der Waals surface area (Å²) in [6.45, 7) is 7.43. The van der Waals surface area contributed by atoms with Gasteiger partial charge in [-0.3, -0.25) is 9.59 Å². The van der Waals surface area contributed by atoms with E-state index in [1.54, 1.807) is 12.1 Å². The van der Waals surface area contributed by atoms with Crippen LogP contribution in [0.1, 0.15) is 36.7 Å². The van der Waals surface area contributed by atoms with Crippen molar-refractivity contribution in [3.05, 3.63) is 35.4 Å². The lowest BCUT2D eigenvalue weighted by Crippen LogP contribution is -2.34. The maximum Gasteiger partial charge on any atom is 0.251 e. The van der Waals surface area contributed by atoms with Crippen LogP contribution in [0.4, 0.5) is 0 Å². The number of amides is 2. The van der Waals surface area contributed by atoms with Gasteiger partial charge in [-0.05, 0) is 24.7 Å². The molecule has 3 N–H and O–H groups in total. The van der Waals surface area contributed by atoms with Gasteiger partial charge in [-0.2, -0.15) is 0 Å². The zero-order valence-corrected chi connectivity index (χ0v) is 14.5. The average Bonchev–Trinajstić information content (AvgIpc) is 2.44. The molecule has 6 heteroatoms. The number of halogens is 1. The van der Waals surface area contributed by atoms with E-state index in [4.69, 9.17) is 0 Å². The first kappa shape index (κ1) is 20.4. The highest BCUT2D eigenvalue weighted by Crippen LogP contribution is 2.13. The molecule has 0 saturated heterocycles. The zero-order valence-electron chi connectivity index (χ0n) is 13.7. The first-order valence-electron chi connectivity index (χ1n) is 7.14. The lowest BCUT2D eigenvalue weighted by atomic mass is 9.95. The van der Waals surface area contributed by atoms with Crippen LogP contribution in [0.2, 0.25) is 0 Å². The Morgan fingerprint density at radius 1 is 1.00 bits per heavy atom. The highest BCUT2D eigenvalue weighted by molar-refractivity contribution is 5.94. The fourth-order valence-electron chi connectivity index (χ4n) is 1.62. The smallest absolute Gasteiger partial charge is 0.251 e. The van der Waals surface area contributed by atoms with E-state index in [9.17, 15) is 9.59 Å². The van der Waals surface area contributed by atoms with Crippen LogP contribution in [0.15, 0.2) is 24.3 Å². The van der Waals surface area contributed by atoms with Crippen LogP contribution in [0.5, 0.6) is 0 Å². The quantitative estimate of drug-likeness (QED) is 0.697. The van der Waals surface area contributed by atoms with Gasteiger partial charge in [0.15, 0.2) is 0 Å². The molecule has 1 aromatic carbocycles. The van der Waals surface area contributed by atoms with Crippen molar-refractivity contribution in [2.45, 2.75) is 27.3 Å². The van der Waals surface area contributed by atoms with Crippen molar-refractivity contribution in [3.63, 3.8) is 0 Å². The number of carbonyl (C=O) groups excluding carboxylic acids is 2. The van der Waals surface area contributed by atoms with Crippen molar-refractivity contribution in [2.24, 2.45) is 5.41 Å². The van der Waals surface area contributed by atoms with Crippen molar-refractivity contribution in [3.8, 4) is 0 Å². The molecule has 0 atom stereocenters. The highest BCUT2D eigenvalue weighted by Gasteiger charge is 2.20. The van der Waals surface area contributed by atoms with Gasteiger partial charge in [-0.25, -0.2) is 0 Å². The SMILES string of the molecule is CNCCNC(=O)c1ccc(CNC(=O)C(C)(C)C)cc1.Cl. The molecule has 124 valence electrons. The molecule has 0 spiro atoms. The molecule has 1 aromatic rings. The maximum absolute atomic E-state index is 11.8. The number of carbonyl (C=O) groups is 2. The number of nitrogens with one attached hydrogen (secondary N) is 3. The van der Waals surface area contributed by atoms with E-state index >= 15 is 0 Å². The van der Waals surface area contributed by atoms with Crippen molar-refractivity contribution in [2.75, 3.05) is 20.1 Å². The van der Waals surface area contributed by atoms with E-state index in [-0.39, 0.29) is 24.2 Å². The Balaban J connectivity index is 0.00000441. The van der Waals surface area contributed by atoms with Crippen LogP contribution >= 0.6 is 12.4 Å². The molecule has 0 aliphatic carbocycles. The van der Waals surface area contributed by atoms with Gasteiger partial charge in [0.2, 0.25) is 5.91 Å². The van der Waals surface area contributed by atoms with Gasteiger partial charge in [0, 0.05) is 30.6 Å². The lowest BCUT2D eigenvalue weighted by Gasteiger charge is -2.17. The normalized spacial score (nSPS) is 10.5. The Bertz CT molecular complexity index is 481. The maximum atomic E-state index is 11.8. The van der Waals surface area contributed by atoms with Crippen molar-refractivity contribution < 1.29 is 9.59 Å². The molecular formula is C16H26ClN3O2. The van der Waals surface area contributed by atoms with E-state index in [2.05, 4.69) is 16.0 Å². The lowest BCUT2D eigenvalue weighted by molar-refractivity contribution is -0.128. The molecule has 0 heterocycles. The largest absolute Gasteiger partial charge is 0.352 e. The summed E-state index contributed by atoms with van der Waals surface area (Å²) in [5.74, 6) is -0.0769. The van der Waals surface area contributed by atoms with E-state index in [1.807, 2.05) is 40.0 Å². The summed E-state index contributed by atoms with van der Waals surface area (Å²) >= 11 is 0. The summed E-state index contributed by atoms with van der Waals surface area (Å²) in [4.78, 5) is 23.6. The highest BCUT2D eigenvalue weighted by atomic mass is 35.5. The Morgan fingerprint density at radius 2 is 1.59 bits per heavy atom. The van der Waals surface area contributed by atoms with Gasteiger partial charge in [0.25, 0.3) is 5.91 Å². The van der Waals surface area contributed by atoms with Crippen LogP contribution in [-0.2, 0) is 11.3 Å². The zero-order chi connectivity index (χ0) is 15.9. The third-order valence-electron chi connectivity index (χ3n) is 3.01. The molecule has 0 fully saturated rings. The van der Waals surface area contributed by atoms with Crippen LogP contribution < -0.4 is 16.0 Å². The Labute approximate surface area is 138 Å². The summed E-state index contributed by atoms with van der Waals surface area (Å²) < 4.78 is 0. The molecule has 0 saturated carbocycles. The monoisotopic (exact) mass is 327 g/mol. The molecular weight excluding hydrogens is 302 g/mol. The fourth-order valence-corrected chi connectivity index (χ4v) is 1.62. The first-order chi connectivity index (χ1) is 9.84. The second-order valence-electron chi connectivity index (χ2n) is 5.99. The van der Waals surface area contributed by atoms with Crippen molar-refractivity contribution >= 4 is 24.2 Å². The molecule has 5 nitrogen and oxygen atoms in total. The van der Waals surface area contributed by atoms with Gasteiger partial charge in [-0.1, -0.05) is 32.9 Å². The fraction of sp³-hybridized carbons (Fsp3) is 0.500. The van der Waals surface area contributed by atoms with Crippen LogP contribution in [-0.4, -0.2) is 32.0 Å². The minimum Gasteiger partial charge on any atom is -0.352 e. The summed E-state index contributed by atoms with van der Waals surface area (Å²) in [6, 6.07) is 7.26. The molecule has 0 unspecified atom stereocenters. The van der Waals surface area contributed by atoms with Crippen molar-refractivity contribution in [1.82, 2.24) is 16.0 Å². The Hall–Kier alpha value is -1.59. The summed E-state index contributed by atoms with van der Waals surface area (Å²) in [7, 11) is 1.84. The van der Waals surface area contributed by atoms with Crippen LogP contribution in [0, 0.1) is 5.41 Å². The van der Waals surface area contributed by atoms with E-state index in [0.29, 0.717) is 18.7 Å². The molecule has 2 amide bonds. The third kappa shape index (κ3) is 6.91. The molecule has 1 rings (SSSR count). The Morgan fingerprint density at radius 3 is 2.09 bits per heavy atom. The first-order valence-corrected chi connectivity index (χ1v) is 7.14. The molecule has 0 aromatic heterocycles.